The van der Waals surface area contributed by atoms with Crippen LogP contribution in [0.2, 0.25) is 0 Å². The van der Waals surface area contributed by atoms with Crippen molar-refractivity contribution in [2.24, 2.45) is 0 Å². The van der Waals surface area contributed by atoms with Crippen LogP contribution in [0.25, 0.3) is 0 Å². The minimum atomic E-state index is -4.00. The number of rotatable bonds is 7. The van der Waals surface area contributed by atoms with Crippen molar-refractivity contribution in [2.45, 2.75) is 19.3 Å². The molecule has 0 amide bonds. The summed E-state index contributed by atoms with van der Waals surface area (Å²) in [6.07, 6.45) is 0. The predicted octanol–water partition coefficient (Wildman–Crippen LogP) is 2.64. The third-order valence-electron chi connectivity index (χ3n) is 4.00. The maximum atomic E-state index is 10.7. The van der Waals surface area contributed by atoms with Gasteiger partial charge in [0.25, 0.3) is 10.1 Å². The van der Waals surface area contributed by atoms with E-state index in [4.69, 9.17) is 14.0 Å². The molecule has 7 heteroatoms. The second-order valence-corrected chi connectivity index (χ2v) is 7.58. The topological polar surface area (TPSA) is 72.8 Å². The summed E-state index contributed by atoms with van der Waals surface area (Å²) in [4.78, 5) is 0. The molecule has 0 heterocycles. The molecule has 0 aliphatic heterocycles. The van der Waals surface area contributed by atoms with E-state index in [9.17, 15) is 8.42 Å². The van der Waals surface area contributed by atoms with Crippen LogP contribution in [0.3, 0.4) is 0 Å². The Balaban J connectivity index is 0.00000312. The van der Waals surface area contributed by atoms with E-state index in [1.807, 2.05) is 36.4 Å². The molecule has 132 valence electrons. The molecule has 0 atom stereocenters. The number of methoxy groups -OCH3 is 1. The molecule has 0 fully saturated rings. The Kier molecular flexibility index (Phi) is 7.96. The van der Waals surface area contributed by atoms with Gasteiger partial charge in [0.1, 0.15) is 23.9 Å². The fourth-order valence-corrected chi connectivity index (χ4v) is 2.70. The van der Waals surface area contributed by atoms with Gasteiger partial charge in [0.05, 0.1) is 7.11 Å². The van der Waals surface area contributed by atoms with Gasteiger partial charge in [-0.25, -0.2) is 0 Å². The van der Waals surface area contributed by atoms with Crippen molar-refractivity contribution in [3.8, 4) is 11.5 Å². The van der Waals surface area contributed by atoms with E-state index in [-0.39, 0.29) is 41.6 Å². The Labute approximate surface area is 171 Å². The molecule has 0 unspecified atom stereocenters. The molecule has 0 aromatic heterocycles. The first-order valence-electron chi connectivity index (χ1n) is 7.55. The fraction of sp³-hybridized carbons (Fsp3) is 0.333. The predicted molar refractivity (Wildman–Crippen MR) is 101 cm³/mol. The summed E-state index contributed by atoms with van der Waals surface area (Å²) in [5, 5.41) is 0. The molecular weight excluding hydrogens is 351 g/mol. The molecular formula is C18H23NaO5S. The Bertz CT molecular complexity index is 768. The monoisotopic (exact) mass is 374 g/mol. The first-order valence-corrected chi connectivity index (χ1v) is 9.16. The van der Waals surface area contributed by atoms with Crippen molar-refractivity contribution >= 4 is 39.7 Å². The number of ether oxygens (including phenoxy) is 2. The Morgan fingerprint density at radius 3 is 1.76 bits per heavy atom. The molecule has 2 aromatic rings. The third kappa shape index (κ3) is 6.31. The van der Waals surface area contributed by atoms with E-state index in [0.717, 1.165) is 16.9 Å². The normalized spacial score (nSPS) is 11.5. The minimum absolute atomic E-state index is 0. The van der Waals surface area contributed by atoms with Gasteiger partial charge in [0.15, 0.2) is 0 Å². The standard InChI is InChI=1S/C18H22O5S.Na.H/c1-18(2,14-4-8-16(22-3)9-5-14)15-6-10-17(11-7-15)23-12-13-24(19,20)21;;/h4-11H,12-13H2,1-3H3,(H,19,20,21);;. The third-order valence-corrected chi connectivity index (χ3v) is 4.68. The number of benzene rings is 2. The second kappa shape index (κ2) is 9.05. The molecule has 0 spiro atoms. The van der Waals surface area contributed by atoms with E-state index in [1.165, 1.54) is 0 Å². The van der Waals surface area contributed by atoms with Crippen LogP contribution in [0.15, 0.2) is 48.5 Å². The van der Waals surface area contributed by atoms with Crippen molar-refractivity contribution in [1.82, 2.24) is 0 Å². The van der Waals surface area contributed by atoms with Gasteiger partial charge in [0, 0.05) is 5.41 Å². The van der Waals surface area contributed by atoms with Crippen molar-refractivity contribution in [2.75, 3.05) is 19.5 Å². The van der Waals surface area contributed by atoms with Gasteiger partial charge in [0.2, 0.25) is 0 Å². The molecule has 0 aliphatic carbocycles. The Morgan fingerprint density at radius 2 is 1.36 bits per heavy atom. The van der Waals surface area contributed by atoms with Gasteiger partial charge in [-0.2, -0.15) is 8.42 Å². The first kappa shape index (κ1) is 22.0. The summed E-state index contributed by atoms with van der Waals surface area (Å²) >= 11 is 0. The quantitative estimate of drug-likeness (QED) is 0.596. The molecule has 25 heavy (non-hydrogen) atoms. The molecule has 2 rings (SSSR count). The summed E-state index contributed by atoms with van der Waals surface area (Å²) in [5.74, 6) is 0.955. The zero-order valence-corrected chi connectivity index (χ0v) is 14.8. The summed E-state index contributed by atoms with van der Waals surface area (Å²) in [7, 11) is -2.36. The summed E-state index contributed by atoms with van der Waals surface area (Å²) in [5.41, 5.74) is 2.07. The van der Waals surface area contributed by atoms with Crippen molar-refractivity contribution < 1.29 is 22.4 Å². The summed E-state index contributed by atoms with van der Waals surface area (Å²) in [6, 6.07) is 15.4. The zero-order valence-electron chi connectivity index (χ0n) is 14.0. The SMILES string of the molecule is COc1ccc(C(C)(C)c2ccc(OCCS(=O)(=O)O)cc2)cc1.[NaH]. The van der Waals surface area contributed by atoms with Crippen LogP contribution in [-0.2, 0) is 15.5 Å². The molecule has 1 N–H and O–H groups in total. The van der Waals surface area contributed by atoms with Crippen LogP contribution in [0.4, 0.5) is 0 Å². The molecule has 0 radical (unpaired) electrons. The van der Waals surface area contributed by atoms with Gasteiger partial charge < -0.3 is 9.47 Å². The second-order valence-electron chi connectivity index (χ2n) is 6.01. The van der Waals surface area contributed by atoms with E-state index in [1.54, 1.807) is 19.2 Å². The van der Waals surface area contributed by atoms with E-state index in [2.05, 4.69) is 13.8 Å². The Hall–Kier alpha value is -1.05. The molecule has 0 aliphatic rings. The van der Waals surface area contributed by atoms with Gasteiger partial charge in [-0.1, -0.05) is 38.1 Å². The van der Waals surface area contributed by atoms with Crippen LogP contribution in [0.5, 0.6) is 11.5 Å². The average Bonchev–Trinajstić information content (AvgIpc) is 2.54. The molecule has 5 nitrogen and oxygen atoms in total. The van der Waals surface area contributed by atoms with Crippen LogP contribution in [0.1, 0.15) is 25.0 Å². The molecule has 2 aromatic carbocycles. The van der Waals surface area contributed by atoms with E-state index < -0.39 is 15.9 Å². The molecule has 0 saturated carbocycles. The number of hydrogen-bond donors (Lipinski definition) is 1. The van der Waals surface area contributed by atoms with Gasteiger partial charge in [-0.05, 0) is 35.4 Å². The Morgan fingerprint density at radius 1 is 0.920 bits per heavy atom. The van der Waals surface area contributed by atoms with Gasteiger partial charge in [-0.3, -0.25) is 4.55 Å². The number of hydrogen-bond acceptors (Lipinski definition) is 4. The summed E-state index contributed by atoms with van der Waals surface area (Å²) in [6.45, 7) is 4.17. The van der Waals surface area contributed by atoms with E-state index in [0.29, 0.717) is 5.75 Å². The van der Waals surface area contributed by atoms with Gasteiger partial charge in [-0.15, -0.1) is 0 Å². The fourth-order valence-electron chi connectivity index (χ4n) is 2.41. The maximum absolute atomic E-state index is 10.7. The van der Waals surface area contributed by atoms with Gasteiger partial charge >= 0.3 is 29.6 Å². The average molecular weight is 374 g/mol. The summed E-state index contributed by atoms with van der Waals surface area (Å²) < 4.78 is 40.6. The van der Waals surface area contributed by atoms with Crippen LogP contribution >= 0.6 is 0 Å². The van der Waals surface area contributed by atoms with Crippen molar-refractivity contribution in [1.29, 1.82) is 0 Å². The molecule has 0 saturated heterocycles. The van der Waals surface area contributed by atoms with Crippen molar-refractivity contribution in [3.63, 3.8) is 0 Å². The zero-order chi connectivity index (χ0) is 17.8. The van der Waals surface area contributed by atoms with Crippen molar-refractivity contribution in [3.05, 3.63) is 59.7 Å². The van der Waals surface area contributed by atoms with Crippen LogP contribution in [0, 0.1) is 0 Å². The van der Waals surface area contributed by atoms with Crippen LogP contribution < -0.4 is 9.47 Å². The van der Waals surface area contributed by atoms with E-state index >= 15 is 0 Å². The molecule has 0 bridgehead atoms. The first-order chi connectivity index (χ1) is 11.2. The van der Waals surface area contributed by atoms with Crippen LogP contribution in [-0.4, -0.2) is 62.0 Å².